The highest BCUT2D eigenvalue weighted by Crippen LogP contribution is 2.29. The summed E-state index contributed by atoms with van der Waals surface area (Å²) in [7, 11) is -4.07. The van der Waals surface area contributed by atoms with E-state index in [2.05, 4.69) is 5.32 Å². The minimum atomic E-state index is -4.07. The second-order valence-electron chi connectivity index (χ2n) is 4.55. The number of carboxylic acids is 1. The molecule has 0 fully saturated rings. The molecule has 21 heavy (non-hydrogen) atoms. The second kappa shape index (κ2) is 6.64. The molecule has 2 N–H and O–H groups in total. The van der Waals surface area contributed by atoms with Crippen LogP contribution in [0.3, 0.4) is 0 Å². The molecule has 1 amide bonds. The lowest BCUT2D eigenvalue weighted by Crippen LogP contribution is -2.35. The van der Waals surface area contributed by atoms with Crippen molar-refractivity contribution in [2.45, 2.75) is 24.8 Å². The van der Waals surface area contributed by atoms with Gasteiger partial charge in [0, 0.05) is 6.04 Å². The number of carbonyl (C=O) groups excluding carboxylic acids is 1. The van der Waals surface area contributed by atoms with Gasteiger partial charge >= 0.3 is 5.97 Å². The zero-order chi connectivity index (χ0) is 16.4. The molecule has 9 heteroatoms. The Balaban J connectivity index is 3.23. The number of carboxylic acid groups (broad SMARTS) is 1. The van der Waals surface area contributed by atoms with E-state index in [-0.39, 0.29) is 16.1 Å². The van der Waals surface area contributed by atoms with Crippen molar-refractivity contribution in [1.29, 1.82) is 0 Å². The maximum Gasteiger partial charge on any atom is 0.337 e. The zero-order valence-electron chi connectivity index (χ0n) is 11.2. The van der Waals surface area contributed by atoms with Crippen molar-refractivity contribution in [3.63, 3.8) is 0 Å². The number of sulfone groups is 1. The average Bonchev–Trinajstić information content (AvgIpc) is 2.25. The van der Waals surface area contributed by atoms with Crippen LogP contribution in [0.15, 0.2) is 17.0 Å². The van der Waals surface area contributed by atoms with E-state index in [4.69, 9.17) is 28.3 Å². The van der Waals surface area contributed by atoms with E-state index in [1.165, 1.54) is 0 Å². The lowest BCUT2D eigenvalue weighted by Gasteiger charge is -2.11. The molecule has 0 spiro atoms. The third-order valence-electron chi connectivity index (χ3n) is 2.36. The van der Waals surface area contributed by atoms with Crippen LogP contribution in [0.25, 0.3) is 0 Å². The Morgan fingerprint density at radius 3 is 2.29 bits per heavy atom. The van der Waals surface area contributed by atoms with Crippen molar-refractivity contribution in [3.05, 3.63) is 27.7 Å². The van der Waals surface area contributed by atoms with Crippen LogP contribution < -0.4 is 5.32 Å². The summed E-state index contributed by atoms with van der Waals surface area (Å²) in [5.74, 6) is -2.92. The number of nitrogens with one attached hydrogen (secondary N) is 1. The van der Waals surface area contributed by atoms with Gasteiger partial charge in [0.1, 0.15) is 5.75 Å². The van der Waals surface area contributed by atoms with E-state index in [0.29, 0.717) is 0 Å². The Labute approximate surface area is 132 Å². The Morgan fingerprint density at radius 1 is 1.24 bits per heavy atom. The van der Waals surface area contributed by atoms with Crippen LogP contribution in [-0.4, -0.2) is 37.2 Å². The highest BCUT2D eigenvalue weighted by molar-refractivity contribution is 7.92. The smallest absolute Gasteiger partial charge is 0.337 e. The topological polar surface area (TPSA) is 101 Å². The van der Waals surface area contributed by atoms with Crippen molar-refractivity contribution in [2.75, 3.05) is 5.75 Å². The predicted molar refractivity (Wildman–Crippen MR) is 78.8 cm³/mol. The molecule has 1 rings (SSSR count). The first-order valence-electron chi connectivity index (χ1n) is 5.79. The molecule has 0 aromatic heterocycles. The number of benzene rings is 1. The fraction of sp³-hybridized carbons (Fsp3) is 0.333. The van der Waals surface area contributed by atoms with Crippen LogP contribution in [0.1, 0.15) is 24.2 Å². The summed E-state index contributed by atoms with van der Waals surface area (Å²) in [6.07, 6.45) is 0. The van der Waals surface area contributed by atoms with Gasteiger partial charge in [-0.2, -0.15) is 0 Å². The first-order chi connectivity index (χ1) is 9.54. The molecular weight excluding hydrogens is 341 g/mol. The van der Waals surface area contributed by atoms with Crippen molar-refractivity contribution >= 4 is 44.9 Å². The third-order valence-corrected chi connectivity index (χ3v) is 4.75. The monoisotopic (exact) mass is 353 g/mol. The number of carbonyl (C=O) groups is 2. The fourth-order valence-corrected chi connectivity index (χ4v) is 3.60. The van der Waals surface area contributed by atoms with Gasteiger partial charge in [-0.1, -0.05) is 23.2 Å². The van der Waals surface area contributed by atoms with Crippen molar-refractivity contribution in [1.82, 2.24) is 5.32 Å². The highest BCUT2D eigenvalue weighted by Gasteiger charge is 2.25. The quantitative estimate of drug-likeness (QED) is 0.842. The Kier molecular flexibility index (Phi) is 5.61. The third kappa shape index (κ3) is 4.59. The number of amides is 1. The molecule has 116 valence electrons. The highest BCUT2D eigenvalue weighted by atomic mass is 35.5. The Hall–Kier alpha value is -1.31. The van der Waals surface area contributed by atoms with Crippen LogP contribution >= 0.6 is 23.2 Å². The average molecular weight is 354 g/mol. The maximum absolute atomic E-state index is 12.1. The molecule has 0 heterocycles. The molecule has 0 saturated carbocycles. The van der Waals surface area contributed by atoms with Gasteiger partial charge in [0.05, 0.1) is 20.5 Å². The summed E-state index contributed by atoms with van der Waals surface area (Å²) < 4.78 is 24.3. The lowest BCUT2D eigenvalue weighted by atomic mass is 10.2. The number of hydrogen-bond donors (Lipinski definition) is 2. The molecule has 0 bridgehead atoms. The second-order valence-corrected chi connectivity index (χ2v) is 7.32. The number of aromatic carboxylic acids is 1. The van der Waals surface area contributed by atoms with Gasteiger partial charge in [0.2, 0.25) is 5.91 Å². The zero-order valence-corrected chi connectivity index (χ0v) is 13.5. The van der Waals surface area contributed by atoms with E-state index >= 15 is 0 Å². The van der Waals surface area contributed by atoms with Gasteiger partial charge in [-0.3, -0.25) is 4.79 Å². The van der Waals surface area contributed by atoms with E-state index in [1.807, 2.05) is 0 Å². The lowest BCUT2D eigenvalue weighted by molar-refractivity contribution is -0.119. The SMILES string of the molecule is CC(C)NC(=O)CS(=O)(=O)c1cc(C(=O)O)c(Cl)cc1Cl. The van der Waals surface area contributed by atoms with Crippen molar-refractivity contribution < 1.29 is 23.1 Å². The first kappa shape index (κ1) is 17.7. The maximum atomic E-state index is 12.1. The molecule has 0 aliphatic heterocycles. The molecule has 0 radical (unpaired) electrons. The van der Waals surface area contributed by atoms with Crippen molar-refractivity contribution in [2.24, 2.45) is 0 Å². The summed E-state index contributed by atoms with van der Waals surface area (Å²) in [6, 6.07) is 1.66. The van der Waals surface area contributed by atoms with Crippen LogP contribution in [0.4, 0.5) is 0 Å². The molecule has 0 aliphatic carbocycles. The first-order valence-corrected chi connectivity index (χ1v) is 8.20. The summed E-state index contributed by atoms with van der Waals surface area (Å²) in [5.41, 5.74) is -0.399. The number of hydrogen-bond acceptors (Lipinski definition) is 4. The standard InChI is InChI=1S/C12H13Cl2NO5S/c1-6(2)15-11(16)5-21(19,20)10-3-7(12(17)18)8(13)4-9(10)14/h3-4,6H,5H2,1-2H3,(H,15,16)(H,17,18). The molecule has 6 nitrogen and oxygen atoms in total. The van der Waals surface area contributed by atoms with E-state index in [0.717, 1.165) is 12.1 Å². The number of halogens is 2. The normalized spacial score (nSPS) is 11.5. The van der Waals surface area contributed by atoms with Gasteiger partial charge in [-0.15, -0.1) is 0 Å². The van der Waals surface area contributed by atoms with E-state index in [9.17, 15) is 18.0 Å². The van der Waals surface area contributed by atoms with Gasteiger partial charge in [0.25, 0.3) is 0 Å². The van der Waals surface area contributed by atoms with Crippen LogP contribution in [0, 0.1) is 0 Å². The molecule has 0 unspecified atom stereocenters. The predicted octanol–water partition coefficient (Wildman–Crippen LogP) is 1.99. The van der Waals surface area contributed by atoms with Gasteiger partial charge in [0.15, 0.2) is 9.84 Å². The summed E-state index contributed by atoms with van der Waals surface area (Å²) in [5, 5.41) is 11.0. The van der Waals surface area contributed by atoms with E-state index in [1.54, 1.807) is 13.8 Å². The molecular formula is C12H13Cl2NO5S. The minimum Gasteiger partial charge on any atom is -0.478 e. The van der Waals surface area contributed by atoms with Gasteiger partial charge in [-0.25, -0.2) is 13.2 Å². The van der Waals surface area contributed by atoms with E-state index < -0.39 is 37.9 Å². The van der Waals surface area contributed by atoms with Crippen LogP contribution in [0.2, 0.25) is 10.0 Å². The Bertz CT molecular complexity index is 685. The van der Waals surface area contributed by atoms with Gasteiger partial charge in [-0.05, 0) is 26.0 Å². The molecule has 1 aromatic rings. The molecule has 0 aliphatic rings. The summed E-state index contributed by atoms with van der Waals surface area (Å²) in [6.45, 7) is 3.37. The number of rotatable bonds is 5. The van der Waals surface area contributed by atoms with Gasteiger partial charge < -0.3 is 10.4 Å². The fourth-order valence-electron chi connectivity index (χ4n) is 1.55. The molecule has 1 aromatic carbocycles. The van der Waals surface area contributed by atoms with Crippen molar-refractivity contribution in [3.8, 4) is 0 Å². The molecule has 0 atom stereocenters. The summed E-state index contributed by atoms with van der Waals surface area (Å²) in [4.78, 5) is 22.1. The van der Waals surface area contributed by atoms with Crippen LogP contribution in [0.5, 0.6) is 0 Å². The minimum absolute atomic E-state index is 0.182. The van der Waals surface area contributed by atoms with Crippen LogP contribution in [-0.2, 0) is 14.6 Å². The molecule has 0 saturated heterocycles. The Morgan fingerprint density at radius 2 is 1.81 bits per heavy atom. The summed E-state index contributed by atoms with van der Waals surface area (Å²) >= 11 is 11.5. The largest absolute Gasteiger partial charge is 0.478 e.